The molecular formula is C12H14N2O. The maximum Gasteiger partial charge on any atom is 0.234 e. The summed E-state index contributed by atoms with van der Waals surface area (Å²) in [6, 6.07) is 9.79. The van der Waals surface area contributed by atoms with Crippen LogP contribution >= 0.6 is 0 Å². The van der Waals surface area contributed by atoms with Crippen molar-refractivity contribution in [2.45, 2.75) is 26.3 Å². The van der Waals surface area contributed by atoms with Gasteiger partial charge in [-0.15, -0.1) is 0 Å². The fourth-order valence-electron chi connectivity index (χ4n) is 1.40. The second kappa shape index (κ2) is 5.82. The van der Waals surface area contributed by atoms with E-state index in [-0.39, 0.29) is 12.3 Å². The SMILES string of the molecule is CCc1ccccc1CNC(=O)CC#N. The lowest BCUT2D eigenvalue weighted by Crippen LogP contribution is -2.22. The average molecular weight is 202 g/mol. The maximum absolute atomic E-state index is 11.1. The summed E-state index contributed by atoms with van der Waals surface area (Å²) in [5, 5.41) is 11.0. The van der Waals surface area contributed by atoms with Crippen LogP contribution in [0.15, 0.2) is 24.3 Å². The zero-order valence-electron chi connectivity index (χ0n) is 8.79. The highest BCUT2D eigenvalue weighted by molar-refractivity contribution is 5.77. The molecule has 0 heterocycles. The van der Waals surface area contributed by atoms with Crippen molar-refractivity contribution in [3.8, 4) is 6.07 Å². The van der Waals surface area contributed by atoms with Gasteiger partial charge < -0.3 is 5.32 Å². The maximum atomic E-state index is 11.1. The molecule has 1 aromatic carbocycles. The fourth-order valence-corrected chi connectivity index (χ4v) is 1.40. The molecule has 1 aromatic rings. The molecule has 3 nitrogen and oxygen atoms in total. The molecule has 0 unspecified atom stereocenters. The molecule has 78 valence electrons. The molecule has 0 saturated heterocycles. The van der Waals surface area contributed by atoms with Gasteiger partial charge in [0, 0.05) is 6.54 Å². The number of rotatable bonds is 4. The second-order valence-corrected chi connectivity index (χ2v) is 3.23. The van der Waals surface area contributed by atoms with Crippen molar-refractivity contribution in [1.82, 2.24) is 5.32 Å². The van der Waals surface area contributed by atoms with Crippen LogP contribution in [0.2, 0.25) is 0 Å². The number of benzene rings is 1. The molecule has 3 heteroatoms. The highest BCUT2D eigenvalue weighted by Gasteiger charge is 2.02. The number of hydrogen-bond acceptors (Lipinski definition) is 2. The lowest BCUT2D eigenvalue weighted by Gasteiger charge is -2.07. The van der Waals surface area contributed by atoms with Gasteiger partial charge in [0.15, 0.2) is 0 Å². The molecule has 1 N–H and O–H groups in total. The molecule has 0 aliphatic rings. The van der Waals surface area contributed by atoms with E-state index in [1.807, 2.05) is 30.3 Å². The third-order valence-electron chi connectivity index (χ3n) is 2.21. The van der Waals surface area contributed by atoms with Crippen molar-refractivity contribution in [1.29, 1.82) is 5.26 Å². The zero-order chi connectivity index (χ0) is 11.1. The minimum absolute atomic E-state index is 0.0751. The van der Waals surface area contributed by atoms with Gasteiger partial charge in [0.25, 0.3) is 0 Å². The summed E-state index contributed by atoms with van der Waals surface area (Å²) >= 11 is 0. The summed E-state index contributed by atoms with van der Waals surface area (Å²) in [6.45, 7) is 2.58. The van der Waals surface area contributed by atoms with E-state index < -0.39 is 0 Å². The number of hydrogen-bond donors (Lipinski definition) is 1. The Morgan fingerprint density at radius 2 is 2.07 bits per heavy atom. The summed E-state index contributed by atoms with van der Waals surface area (Å²) in [5.41, 5.74) is 2.35. The largest absolute Gasteiger partial charge is 0.351 e. The average Bonchev–Trinajstić information content (AvgIpc) is 2.27. The number of nitrogens with zero attached hydrogens (tertiary/aromatic N) is 1. The van der Waals surface area contributed by atoms with E-state index in [1.165, 1.54) is 5.56 Å². The molecule has 1 amide bonds. The van der Waals surface area contributed by atoms with Gasteiger partial charge in [-0.05, 0) is 17.5 Å². The van der Waals surface area contributed by atoms with Crippen molar-refractivity contribution in [2.24, 2.45) is 0 Å². The van der Waals surface area contributed by atoms with E-state index >= 15 is 0 Å². The summed E-state index contributed by atoms with van der Waals surface area (Å²) < 4.78 is 0. The molecule has 0 radical (unpaired) electrons. The van der Waals surface area contributed by atoms with Crippen molar-refractivity contribution >= 4 is 5.91 Å². The fraction of sp³-hybridized carbons (Fsp3) is 0.333. The van der Waals surface area contributed by atoms with Gasteiger partial charge in [0.2, 0.25) is 5.91 Å². The monoisotopic (exact) mass is 202 g/mol. The number of carbonyl (C=O) groups is 1. The van der Waals surface area contributed by atoms with Crippen molar-refractivity contribution < 1.29 is 4.79 Å². The molecule has 0 atom stereocenters. The molecule has 0 aromatic heterocycles. The molecule has 0 aliphatic carbocycles. The predicted molar refractivity (Wildman–Crippen MR) is 57.9 cm³/mol. The molecule has 0 spiro atoms. The standard InChI is InChI=1S/C12H14N2O/c1-2-10-5-3-4-6-11(10)9-14-12(15)7-8-13/h3-6H,2,7,9H2,1H3,(H,14,15). The van der Waals surface area contributed by atoms with E-state index in [0.717, 1.165) is 12.0 Å². The van der Waals surface area contributed by atoms with Crippen molar-refractivity contribution in [3.63, 3.8) is 0 Å². The Morgan fingerprint density at radius 3 is 2.67 bits per heavy atom. The Balaban J connectivity index is 2.57. The molecule has 0 aliphatic heterocycles. The van der Waals surface area contributed by atoms with Crippen LogP contribution in [0.5, 0.6) is 0 Å². The number of amides is 1. The summed E-state index contributed by atoms with van der Waals surface area (Å²) in [6.07, 6.45) is 0.874. The van der Waals surface area contributed by atoms with Crippen LogP contribution in [0.4, 0.5) is 0 Å². The first kappa shape index (κ1) is 11.3. The van der Waals surface area contributed by atoms with Crippen LogP contribution in [0.25, 0.3) is 0 Å². The Hall–Kier alpha value is -1.82. The number of carbonyl (C=O) groups excluding carboxylic acids is 1. The van der Waals surface area contributed by atoms with Crippen LogP contribution < -0.4 is 5.32 Å². The van der Waals surface area contributed by atoms with Gasteiger partial charge in [0.1, 0.15) is 6.42 Å². The minimum Gasteiger partial charge on any atom is -0.351 e. The smallest absolute Gasteiger partial charge is 0.234 e. The molecule has 0 fully saturated rings. The quantitative estimate of drug-likeness (QED) is 0.809. The molecule has 15 heavy (non-hydrogen) atoms. The van der Waals surface area contributed by atoms with E-state index in [2.05, 4.69) is 12.2 Å². The lowest BCUT2D eigenvalue weighted by atomic mass is 10.1. The van der Waals surface area contributed by atoms with Gasteiger partial charge in [-0.25, -0.2) is 0 Å². The second-order valence-electron chi connectivity index (χ2n) is 3.23. The Bertz CT molecular complexity index is 379. The summed E-state index contributed by atoms with van der Waals surface area (Å²) in [7, 11) is 0. The van der Waals surface area contributed by atoms with Crippen LogP contribution in [-0.4, -0.2) is 5.91 Å². The van der Waals surface area contributed by atoms with E-state index in [1.54, 1.807) is 0 Å². The van der Waals surface area contributed by atoms with Crippen molar-refractivity contribution in [2.75, 3.05) is 0 Å². The van der Waals surface area contributed by atoms with Crippen LogP contribution in [0.1, 0.15) is 24.5 Å². The van der Waals surface area contributed by atoms with Gasteiger partial charge >= 0.3 is 0 Å². The normalized spacial score (nSPS) is 9.33. The van der Waals surface area contributed by atoms with Gasteiger partial charge in [-0.2, -0.15) is 5.26 Å². The predicted octanol–water partition coefficient (Wildman–Crippen LogP) is 1.78. The van der Waals surface area contributed by atoms with Gasteiger partial charge in [-0.3, -0.25) is 4.79 Å². The van der Waals surface area contributed by atoms with Crippen molar-refractivity contribution in [3.05, 3.63) is 35.4 Å². The highest BCUT2D eigenvalue weighted by atomic mass is 16.1. The van der Waals surface area contributed by atoms with Gasteiger partial charge in [-0.1, -0.05) is 31.2 Å². The van der Waals surface area contributed by atoms with E-state index in [0.29, 0.717) is 6.54 Å². The summed E-state index contributed by atoms with van der Waals surface area (Å²) in [5.74, 6) is -0.219. The molecule has 0 bridgehead atoms. The Morgan fingerprint density at radius 1 is 1.40 bits per heavy atom. The van der Waals surface area contributed by atoms with E-state index in [9.17, 15) is 4.79 Å². The number of nitriles is 1. The van der Waals surface area contributed by atoms with Crippen LogP contribution in [0.3, 0.4) is 0 Å². The Kier molecular flexibility index (Phi) is 4.36. The molecular weight excluding hydrogens is 188 g/mol. The molecule has 0 saturated carbocycles. The zero-order valence-corrected chi connectivity index (χ0v) is 8.79. The van der Waals surface area contributed by atoms with Gasteiger partial charge in [0.05, 0.1) is 6.07 Å². The topological polar surface area (TPSA) is 52.9 Å². The lowest BCUT2D eigenvalue weighted by molar-refractivity contribution is -0.120. The first-order valence-electron chi connectivity index (χ1n) is 4.98. The number of nitrogens with one attached hydrogen (secondary N) is 1. The summed E-state index contributed by atoms with van der Waals surface area (Å²) in [4.78, 5) is 11.1. The third kappa shape index (κ3) is 3.43. The molecule has 1 rings (SSSR count). The minimum atomic E-state index is -0.219. The number of aryl methyl sites for hydroxylation is 1. The van der Waals surface area contributed by atoms with Crippen LogP contribution in [0, 0.1) is 11.3 Å². The van der Waals surface area contributed by atoms with Crippen LogP contribution in [-0.2, 0) is 17.8 Å². The first-order chi connectivity index (χ1) is 7.27. The van der Waals surface area contributed by atoms with E-state index in [4.69, 9.17) is 5.26 Å². The third-order valence-corrected chi connectivity index (χ3v) is 2.21. The highest BCUT2D eigenvalue weighted by Crippen LogP contribution is 2.08. The Labute approximate surface area is 89.7 Å². The first-order valence-corrected chi connectivity index (χ1v) is 4.98.